The molecule has 3 heteroatoms. The Morgan fingerprint density at radius 3 is 2.54 bits per heavy atom. The van der Waals surface area contributed by atoms with E-state index in [2.05, 4.69) is 172 Å². The van der Waals surface area contributed by atoms with E-state index in [1.54, 1.807) is 6.08 Å². The molecular formula is C53H56N2S. The van der Waals surface area contributed by atoms with Gasteiger partial charge in [-0.05, 0) is 127 Å². The Morgan fingerprint density at radius 1 is 0.982 bits per heavy atom. The van der Waals surface area contributed by atoms with Crippen LogP contribution in [0.25, 0.3) is 27.3 Å². The molecule has 0 bridgehead atoms. The molecule has 1 aromatic heterocycles. The molecule has 284 valence electrons. The number of rotatable bonds is 10. The normalized spacial score (nSPS) is 20.6. The average molecular weight is 753 g/mol. The van der Waals surface area contributed by atoms with E-state index in [1.165, 1.54) is 59.6 Å². The van der Waals surface area contributed by atoms with Gasteiger partial charge in [0.2, 0.25) is 0 Å². The Kier molecular flexibility index (Phi) is 12.0. The zero-order valence-electron chi connectivity index (χ0n) is 33.6. The summed E-state index contributed by atoms with van der Waals surface area (Å²) in [5.74, 6) is 0.604. The first-order chi connectivity index (χ1) is 27.3. The highest BCUT2D eigenvalue weighted by molar-refractivity contribution is 7.20. The van der Waals surface area contributed by atoms with Crippen LogP contribution >= 0.6 is 11.3 Å². The zero-order chi connectivity index (χ0) is 39.2. The molecule has 0 saturated carbocycles. The minimum Gasteiger partial charge on any atom is -0.317 e. The van der Waals surface area contributed by atoms with Crippen LogP contribution in [-0.4, -0.2) is 13.1 Å². The number of fused-ring (bicyclic) bond motifs is 7. The summed E-state index contributed by atoms with van der Waals surface area (Å²) in [7, 11) is 1.96. The van der Waals surface area contributed by atoms with Crippen molar-refractivity contribution in [1.29, 1.82) is 0 Å². The van der Waals surface area contributed by atoms with Crippen LogP contribution in [0.15, 0.2) is 176 Å². The van der Waals surface area contributed by atoms with Gasteiger partial charge >= 0.3 is 0 Å². The van der Waals surface area contributed by atoms with Crippen molar-refractivity contribution < 1.29 is 0 Å². The number of hydrogen-bond acceptors (Lipinski definition) is 3. The molecule has 0 radical (unpaired) electrons. The van der Waals surface area contributed by atoms with E-state index in [0.717, 1.165) is 43.4 Å². The Bertz CT molecular complexity index is 2330. The van der Waals surface area contributed by atoms with Gasteiger partial charge in [-0.15, -0.1) is 11.3 Å². The molecular weight excluding hydrogens is 697 g/mol. The summed E-state index contributed by atoms with van der Waals surface area (Å²) in [4.78, 5) is 3.66. The topological polar surface area (TPSA) is 15.3 Å². The number of thiophene rings is 1. The van der Waals surface area contributed by atoms with E-state index in [-0.39, 0.29) is 11.3 Å². The fraction of sp³-hybridized carbons (Fsp3) is 0.245. The SMILES string of the molecule is C=C/C=C(\CCC1=CCCC=C1)c1ccc2sc3c(c2c1)/C=C\N(c1ccccc1)C1=C(C3=C)C2c3ccccc3C(C)(C)C2C=C1.C=C/C=C\CC(C)NC. The van der Waals surface area contributed by atoms with E-state index in [4.69, 9.17) is 6.58 Å². The molecule has 4 aliphatic rings. The van der Waals surface area contributed by atoms with Crippen molar-refractivity contribution in [3.05, 3.63) is 203 Å². The molecule has 3 aliphatic carbocycles. The third kappa shape index (κ3) is 7.76. The number of hydrogen-bond donors (Lipinski definition) is 1. The molecule has 1 aliphatic heterocycles. The monoisotopic (exact) mass is 752 g/mol. The first-order valence-electron chi connectivity index (χ1n) is 20.2. The Hall–Kier alpha value is -5.22. The largest absolute Gasteiger partial charge is 0.317 e. The first kappa shape index (κ1) is 39.0. The third-order valence-corrected chi connectivity index (χ3v) is 13.2. The lowest BCUT2D eigenvalue weighted by atomic mass is 9.70. The van der Waals surface area contributed by atoms with Gasteiger partial charge in [-0.2, -0.15) is 0 Å². The minimum absolute atomic E-state index is 0.0294. The van der Waals surface area contributed by atoms with Crippen molar-refractivity contribution in [2.24, 2.45) is 5.92 Å². The van der Waals surface area contributed by atoms with Crippen LogP contribution in [0.5, 0.6) is 0 Å². The van der Waals surface area contributed by atoms with Gasteiger partial charge in [0.05, 0.1) is 0 Å². The van der Waals surface area contributed by atoms with Crippen LogP contribution in [0.4, 0.5) is 5.69 Å². The molecule has 2 heterocycles. The van der Waals surface area contributed by atoms with Crippen LogP contribution in [-0.2, 0) is 5.41 Å². The lowest BCUT2D eigenvalue weighted by molar-refractivity contribution is 0.388. The molecule has 3 aromatic carbocycles. The van der Waals surface area contributed by atoms with Crippen LogP contribution in [0.3, 0.4) is 0 Å². The molecule has 3 unspecified atom stereocenters. The van der Waals surface area contributed by atoms with Gasteiger partial charge in [0.25, 0.3) is 0 Å². The number of nitrogens with one attached hydrogen (secondary N) is 1. The van der Waals surface area contributed by atoms with Gasteiger partial charge in [0.1, 0.15) is 0 Å². The summed E-state index contributed by atoms with van der Waals surface area (Å²) in [5, 5.41) is 4.43. The fourth-order valence-electron chi connectivity index (χ4n) is 8.79. The maximum absolute atomic E-state index is 4.93. The first-order valence-corrected chi connectivity index (χ1v) is 21.0. The van der Waals surface area contributed by atoms with Gasteiger partial charge in [0, 0.05) is 50.1 Å². The summed E-state index contributed by atoms with van der Waals surface area (Å²) in [6, 6.07) is 27.5. The highest BCUT2D eigenvalue weighted by Gasteiger charge is 2.49. The van der Waals surface area contributed by atoms with E-state index < -0.39 is 0 Å². The highest BCUT2D eigenvalue weighted by atomic mass is 32.1. The Morgan fingerprint density at radius 2 is 1.79 bits per heavy atom. The Balaban J connectivity index is 0.000000478. The standard InChI is InChI=1S/C45H41NS.C8H15N/c1-5-14-32(22-21-31-15-8-6-9-16-31)33-23-26-41-37(29-33)35-27-28-46(34-17-10-7-11-18-34)40-25-24-39-43(42(40)30(2)44(35)47-41)36-19-12-13-20-38(36)45(39,3)4;1-4-5-6-7-8(2)9-3/h5,7-8,10-20,23-29,39,43H,1-2,6,9,21-22H2,3-4H3;4-6,8-9H,1,7H2,2-3H3/b28-27-,32-14+;6-5-. The number of benzene rings is 3. The summed E-state index contributed by atoms with van der Waals surface area (Å²) in [5.41, 5.74) is 13.1. The van der Waals surface area contributed by atoms with Crippen molar-refractivity contribution in [2.45, 2.75) is 70.3 Å². The lowest BCUT2D eigenvalue weighted by Crippen LogP contribution is -2.30. The zero-order valence-corrected chi connectivity index (χ0v) is 34.4. The molecule has 8 rings (SSSR count). The van der Waals surface area contributed by atoms with Crippen LogP contribution < -0.4 is 10.2 Å². The van der Waals surface area contributed by atoms with Crippen molar-refractivity contribution in [3.63, 3.8) is 0 Å². The molecule has 4 aromatic rings. The fourth-order valence-corrected chi connectivity index (χ4v) is 9.95. The van der Waals surface area contributed by atoms with Crippen molar-refractivity contribution in [3.8, 4) is 0 Å². The predicted octanol–water partition coefficient (Wildman–Crippen LogP) is 14.3. The number of para-hydroxylation sites is 1. The van der Waals surface area contributed by atoms with Gasteiger partial charge < -0.3 is 10.2 Å². The second-order valence-corrected chi connectivity index (χ2v) is 16.9. The number of allylic oxidation sites excluding steroid dienone is 13. The molecule has 2 nitrogen and oxygen atoms in total. The molecule has 0 spiro atoms. The van der Waals surface area contributed by atoms with Crippen molar-refractivity contribution in [1.82, 2.24) is 5.32 Å². The molecule has 1 N–H and O–H groups in total. The average Bonchev–Trinajstić information content (AvgIpc) is 3.70. The van der Waals surface area contributed by atoms with Crippen molar-refractivity contribution >= 4 is 44.3 Å². The molecule has 0 amide bonds. The van der Waals surface area contributed by atoms with Gasteiger partial charge in [-0.3, -0.25) is 0 Å². The quantitative estimate of drug-likeness (QED) is 0.162. The number of anilines is 1. The highest BCUT2D eigenvalue weighted by Crippen LogP contribution is 2.59. The summed E-state index contributed by atoms with van der Waals surface area (Å²) >= 11 is 1.88. The van der Waals surface area contributed by atoms with E-state index in [1.807, 2.05) is 30.5 Å². The summed E-state index contributed by atoms with van der Waals surface area (Å²) in [6.45, 7) is 19.5. The Labute approximate surface area is 339 Å². The predicted molar refractivity (Wildman–Crippen MR) is 247 cm³/mol. The second-order valence-electron chi connectivity index (χ2n) is 15.8. The third-order valence-electron chi connectivity index (χ3n) is 11.9. The summed E-state index contributed by atoms with van der Waals surface area (Å²) < 4.78 is 1.30. The maximum atomic E-state index is 4.93. The smallest absolute Gasteiger partial charge is 0.0497 e. The van der Waals surface area contributed by atoms with Crippen molar-refractivity contribution in [2.75, 3.05) is 11.9 Å². The van der Waals surface area contributed by atoms with Gasteiger partial charge in [-0.1, -0.05) is 142 Å². The van der Waals surface area contributed by atoms with Crippen LogP contribution in [0.1, 0.15) is 85.9 Å². The second kappa shape index (κ2) is 17.3. The van der Waals surface area contributed by atoms with Gasteiger partial charge in [0.15, 0.2) is 0 Å². The minimum atomic E-state index is 0.0294. The van der Waals surface area contributed by atoms with Crippen LogP contribution in [0.2, 0.25) is 0 Å². The van der Waals surface area contributed by atoms with E-state index in [0.29, 0.717) is 12.0 Å². The molecule has 3 atom stereocenters. The van der Waals surface area contributed by atoms with Gasteiger partial charge in [-0.25, -0.2) is 0 Å². The molecule has 56 heavy (non-hydrogen) atoms. The molecule has 0 saturated heterocycles. The molecule has 0 fully saturated rings. The number of nitrogens with zero attached hydrogens (tertiary/aromatic N) is 1. The van der Waals surface area contributed by atoms with E-state index >= 15 is 0 Å². The van der Waals surface area contributed by atoms with E-state index in [9.17, 15) is 0 Å². The van der Waals surface area contributed by atoms with Crippen LogP contribution in [0, 0.1) is 5.92 Å². The lowest BCUT2D eigenvalue weighted by Gasteiger charge is -2.38. The maximum Gasteiger partial charge on any atom is 0.0497 e. The summed E-state index contributed by atoms with van der Waals surface area (Å²) in [6.07, 6.45) is 31.8.